The Labute approximate surface area is 209 Å². The zero-order valence-electron chi connectivity index (χ0n) is 19.4. The van der Waals surface area contributed by atoms with E-state index in [9.17, 15) is 13.6 Å². The quantitative estimate of drug-likeness (QED) is 0.346. The minimum Gasteiger partial charge on any atom is -0.302 e. The average Bonchev–Trinajstić information content (AvgIpc) is 3.42. The lowest BCUT2D eigenvalue weighted by Gasteiger charge is -2.18. The van der Waals surface area contributed by atoms with Crippen LogP contribution in [0, 0.1) is 13.8 Å². The van der Waals surface area contributed by atoms with Crippen molar-refractivity contribution in [2.75, 3.05) is 16.2 Å². The summed E-state index contributed by atoms with van der Waals surface area (Å²) in [5.74, 6) is -0.130. The number of pyridine rings is 1. The standard InChI is InChI=1S/C26H24N4O3S2/c1-17-5-3-4-6-23(17)35(32,33)30-14-11-20-16-21(7-8-22(20)30)25-18(2)34-26(29-25)28-24(31)15-19-9-12-27-13-10-19/h3-10,12-13,16H,11,14-15H2,1-2H3,(H-,28,29,31,32,33)/p+1. The number of aromatic nitrogens is 2. The van der Waals surface area contributed by atoms with Gasteiger partial charge >= 0.3 is 10.4 Å². The number of nitrogens with one attached hydrogen (secondary N) is 1. The van der Waals surface area contributed by atoms with E-state index in [0.717, 1.165) is 38.5 Å². The van der Waals surface area contributed by atoms with Crippen LogP contribution in [0.2, 0.25) is 0 Å². The Morgan fingerprint density at radius 2 is 1.91 bits per heavy atom. The molecule has 3 heterocycles. The van der Waals surface area contributed by atoms with Crippen molar-refractivity contribution >= 4 is 38.5 Å². The van der Waals surface area contributed by atoms with Crippen molar-refractivity contribution in [3.8, 4) is 11.3 Å². The molecule has 0 saturated carbocycles. The van der Waals surface area contributed by atoms with Crippen molar-refractivity contribution in [3.05, 3.63) is 88.6 Å². The molecular weight excluding hydrogens is 480 g/mol. The van der Waals surface area contributed by atoms with Gasteiger partial charge in [0.25, 0.3) is 0 Å². The van der Waals surface area contributed by atoms with E-state index in [1.54, 1.807) is 28.8 Å². The van der Waals surface area contributed by atoms with Crippen molar-refractivity contribution in [1.82, 2.24) is 9.97 Å². The van der Waals surface area contributed by atoms with Crippen LogP contribution in [0.1, 0.15) is 21.6 Å². The molecule has 35 heavy (non-hydrogen) atoms. The summed E-state index contributed by atoms with van der Waals surface area (Å²) in [6.45, 7) is 4.29. The summed E-state index contributed by atoms with van der Waals surface area (Å²) < 4.78 is 26.1. The number of hydrogen-bond donors (Lipinski definition) is 2. The molecule has 2 aromatic carbocycles. The second-order valence-electron chi connectivity index (χ2n) is 8.46. The molecule has 178 valence electrons. The van der Waals surface area contributed by atoms with Crippen molar-refractivity contribution in [1.29, 1.82) is 0 Å². The zero-order valence-corrected chi connectivity index (χ0v) is 21.0. The molecule has 0 aliphatic carbocycles. The molecule has 4 aromatic rings. The minimum atomic E-state index is -3.39. The van der Waals surface area contributed by atoms with Crippen LogP contribution in [0.25, 0.3) is 11.3 Å². The summed E-state index contributed by atoms with van der Waals surface area (Å²) in [4.78, 5) is 22.5. The maximum atomic E-state index is 13.4. The molecule has 1 aliphatic heterocycles. The normalized spacial score (nSPS) is 14.4. The van der Waals surface area contributed by atoms with Crippen molar-refractivity contribution < 1.29 is 13.6 Å². The highest BCUT2D eigenvalue weighted by Crippen LogP contribution is 2.39. The molecule has 0 radical (unpaired) electrons. The summed E-state index contributed by atoms with van der Waals surface area (Å²) in [6.07, 6.45) is 4.26. The van der Waals surface area contributed by atoms with Gasteiger partial charge in [-0.1, -0.05) is 24.3 Å². The second-order valence-corrected chi connectivity index (χ2v) is 11.5. The highest BCUT2D eigenvalue weighted by atomic mass is 32.3. The van der Waals surface area contributed by atoms with Gasteiger partial charge in [-0.05, 0) is 65.9 Å². The fourth-order valence-corrected chi connectivity index (χ4v) is 6.93. The Morgan fingerprint density at radius 3 is 2.69 bits per heavy atom. The van der Waals surface area contributed by atoms with Gasteiger partial charge in [0, 0.05) is 28.4 Å². The van der Waals surface area contributed by atoms with E-state index in [4.69, 9.17) is 0 Å². The molecule has 1 aliphatic rings. The lowest BCUT2D eigenvalue weighted by atomic mass is 10.1. The second kappa shape index (κ2) is 9.33. The van der Waals surface area contributed by atoms with E-state index in [1.807, 2.05) is 56.3 Å². The summed E-state index contributed by atoms with van der Waals surface area (Å²) in [5.41, 5.74) is 5.19. The molecule has 1 unspecified atom stereocenters. The van der Waals surface area contributed by atoms with Gasteiger partial charge in [0.05, 0.1) is 24.3 Å². The third-order valence-corrected chi connectivity index (χ3v) is 8.94. The molecule has 1 amide bonds. The van der Waals surface area contributed by atoms with Crippen LogP contribution in [-0.4, -0.2) is 27.0 Å². The summed E-state index contributed by atoms with van der Waals surface area (Å²) in [6, 6.07) is 16.7. The molecule has 2 aromatic heterocycles. The van der Waals surface area contributed by atoms with Crippen LogP contribution < -0.4 is 9.62 Å². The van der Waals surface area contributed by atoms with Crippen molar-refractivity contribution in [3.63, 3.8) is 0 Å². The Balaban J connectivity index is 1.37. The number of carbonyl (C=O) groups excluding carboxylic acids is 1. The third kappa shape index (κ3) is 4.62. The fraction of sp³-hybridized carbons (Fsp3) is 0.192. The molecular formula is C26H25N4O3S2+. The number of anilines is 2. The molecule has 0 fully saturated rings. The smallest absolute Gasteiger partial charge is 0.302 e. The van der Waals surface area contributed by atoms with E-state index in [1.165, 1.54) is 11.3 Å². The number of thiazole rings is 1. The SMILES string of the molecule is Cc1ccccc1[S+](=O)(O)N1CCc2cc(-c3nc(NC(=O)Cc4ccncc4)sc3C)ccc21. The predicted octanol–water partition coefficient (Wildman–Crippen LogP) is 5.31. The lowest BCUT2D eigenvalue weighted by molar-refractivity contribution is -0.115. The van der Waals surface area contributed by atoms with Gasteiger partial charge in [0.1, 0.15) is 0 Å². The number of fused-ring (bicyclic) bond motifs is 1. The first-order chi connectivity index (χ1) is 16.8. The van der Waals surface area contributed by atoms with Gasteiger partial charge in [0.15, 0.2) is 5.13 Å². The molecule has 1 atom stereocenters. The Hall–Kier alpha value is -3.40. The van der Waals surface area contributed by atoms with Crippen LogP contribution in [-0.2, 0) is 32.2 Å². The zero-order chi connectivity index (χ0) is 24.6. The first kappa shape index (κ1) is 23.3. The number of carbonyl (C=O) groups is 1. The molecule has 0 saturated heterocycles. The van der Waals surface area contributed by atoms with Gasteiger partial charge in [0.2, 0.25) is 10.8 Å². The Kier molecular flexibility index (Phi) is 6.22. The maximum absolute atomic E-state index is 13.4. The average molecular weight is 506 g/mol. The molecule has 5 rings (SSSR count). The molecule has 2 N–H and O–H groups in total. The first-order valence-corrected chi connectivity index (χ1v) is 13.5. The highest BCUT2D eigenvalue weighted by molar-refractivity contribution is 7.99. The lowest BCUT2D eigenvalue weighted by Crippen LogP contribution is -2.35. The van der Waals surface area contributed by atoms with E-state index >= 15 is 0 Å². The van der Waals surface area contributed by atoms with Gasteiger partial charge in [-0.25, -0.2) is 4.98 Å². The van der Waals surface area contributed by atoms with E-state index in [0.29, 0.717) is 23.0 Å². The van der Waals surface area contributed by atoms with Gasteiger partial charge < -0.3 is 5.32 Å². The largest absolute Gasteiger partial charge is 0.348 e. The maximum Gasteiger partial charge on any atom is 0.348 e. The highest BCUT2D eigenvalue weighted by Gasteiger charge is 2.43. The summed E-state index contributed by atoms with van der Waals surface area (Å²) in [5, 5.41) is 3.45. The van der Waals surface area contributed by atoms with Crippen LogP contribution in [0.3, 0.4) is 0 Å². The van der Waals surface area contributed by atoms with Crippen LogP contribution in [0.4, 0.5) is 10.8 Å². The van der Waals surface area contributed by atoms with E-state index in [-0.39, 0.29) is 12.3 Å². The third-order valence-electron chi connectivity index (χ3n) is 6.04. The topological polar surface area (TPSA) is 95.4 Å². The van der Waals surface area contributed by atoms with Gasteiger partial charge in [-0.15, -0.1) is 11.3 Å². The Morgan fingerprint density at radius 1 is 1.14 bits per heavy atom. The summed E-state index contributed by atoms with van der Waals surface area (Å²) >= 11 is 1.43. The predicted molar refractivity (Wildman–Crippen MR) is 140 cm³/mol. The van der Waals surface area contributed by atoms with Crippen LogP contribution in [0.5, 0.6) is 0 Å². The van der Waals surface area contributed by atoms with Gasteiger partial charge in [-0.3, -0.25) is 9.78 Å². The van der Waals surface area contributed by atoms with Gasteiger partial charge in [-0.2, -0.15) is 8.86 Å². The molecule has 0 spiro atoms. The minimum absolute atomic E-state index is 0.130. The number of hydrogen-bond acceptors (Lipinski definition) is 5. The number of nitrogens with zero attached hydrogens (tertiary/aromatic N) is 3. The Bertz CT molecular complexity index is 1450. The summed E-state index contributed by atoms with van der Waals surface area (Å²) in [7, 11) is -3.39. The van der Waals surface area contributed by atoms with Crippen LogP contribution in [0.15, 0.2) is 71.9 Å². The molecule has 9 heteroatoms. The number of benzene rings is 2. The number of rotatable bonds is 6. The fourth-order valence-electron chi connectivity index (χ4n) is 4.32. The molecule has 7 nitrogen and oxygen atoms in total. The first-order valence-electron chi connectivity index (χ1n) is 11.2. The molecule has 0 bridgehead atoms. The number of amides is 1. The van der Waals surface area contributed by atoms with E-state index < -0.39 is 10.4 Å². The monoisotopic (exact) mass is 505 g/mol. The van der Waals surface area contributed by atoms with Crippen molar-refractivity contribution in [2.45, 2.75) is 31.6 Å². The number of aryl methyl sites for hydroxylation is 2. The van der Waals surface area contributed by atoms with Crippen LogP contribution >= 0.6 is 11.3 Å². The van der Waals surface area contributed by atoms with E-state index in [2.05, 4.69) is 15.3 Å². The van der Waals surface area contributed by atoms with Crippen molar-refractivity contribution in [2.24, 2.45) is 0 Å².